The molecule has 2 unspecified atom stereocenters. The van der Waals surface area contributed by atoms with E-state index in [-0.39, 0.29) is 5.97 Å². The van der Waals surface area contributed by atoms with Crippen LogP contribution >= 0.6 is 0 Å². The van der Waals surface area contributed by atoms with Crippen LogP contribution in [0.3, 0.4) is 0 Å². The molecular formula is C13H27NO2. The fourth-order valence-corrected chi connectivity index (χ4v) is 2.37. The van der Waals surface area contributed by atoms with Gasteiger partial charge in [0.1, 0.15) is 0 Å². The summed E-state index contributed by atoms with van der Waals surface area (Å²) in [5, 5.41) is 0. The topological polar surface area (TPSA) is 52.3 Å². The van der Waals surface area contributed by atoms with E-state index in [0.29, 0.717) is 19.1 Å². The number of ether oxygens (including phenoxy) is 1. The van der Waals surface area contributed by atoms with Gasteiger partial charge >= 0.3 is 5.97 Å². The first-order valence-electron chi connectivity index (χ1n) is 6.46. The zero-order valence-corrected chi connectivity index (χ0v) is 11.2. The van der Waals surface area contributed by atoms with Gasteiger partial charge in [-0.25, -0.2) is 0 Å². The van der Waals surface area contributed by atoms with E-state index in [0.717, 1.165) is 25.7 Å². The van der Waals surface area contributed by atoms with Crippen LogP contribution < -0.4 is 5.73 Å². The van der Waals surface area contributed by atoms with Crippen LogP contribution in [-0.2, 0) is 9.53 Å². The van der Waals surface area contributed by atoms with E-state index in [9.17, 15) is 4.79 Å². The molecule has 0 fully saturated rings. The average molecular weight is 229 g/mol. The van der Waals surface area contributed by atoms with Crippen LogP contribution in [0.15, 0.2) is 0 Å². The molecule has 0 amide bonds. The fourth-order valence-electron chi connectivity index (χ4n) is 2.37. The van der Waals surface area contributed by atoms with Crippen molar-refractivity contribution >= 4 is 5.97 Å². The van der Waals surface area contributed by atoms with Crippen molar-refractivity contribution in [2.24, 2.45) is 17.1 Å². The summed E-state index contributed by atoms with van der Waals surface area (Å²) in [6, 6.07) is 0. The lowest BCUT2D eigenvalue weighted by molar-refractivity contribution is -0.159. The predicted octanol–water partition coefficient (Wildman–Crippen LogP) is 2.73. The van der Waals surface area contributed by atoms with Crippen LogP contribution in [0.5, 0.6) is 0 Å². The number of rotatable bonds is 8. The highest BCUT2D eigenvalue weighted by atomic mass is 16.5. The van der Waals surface area contributed by atoms with E-state index in [1.54, 1.807) is 0 Å². The highest BCUT2D eigenvalue weighted by molar-refractivity contribution is 5.77. The van der Waals surface area contributed by atoms with Crippen molar-refractivity contribution in [3.05, 3.63) is 0 Å². The molecule has 0 saturated carbocycles. The second-order valence-electron chi connectivity index (χ2n) is 4.52. The Balaban J connectivity index is 4.88. The molecule has 3 heteroatoms. The van der Waals surface area contributed by atoms with Crippen molar-refractivity contribution < 1.29 is 9.53 Å². The number of carbonyl (C=O) groups is 1. The Hall–Kier alpha value is -0.570. The van der Waals surface area contributed by atoms with Crippen LogP contribution in [0.2, 0.25) is 0 Å². The maximum atomic E-state index is 12.1. The fraction of sp³-hybridized carbons (Fsp3) is 0.923. The lowest BCUT2D eigenvalue weighted by Crippen LogP contribution is -2.45. The van der Waals surface area contributed by atoms with Gasteiger partial charge in [0, 0.05) is 6.54 Å². The SMILES string of the molecule is CCCC(C)C(CN)(CCC)C(=O)OCC. The summed E-state index contributed by atoms with van der Waals surface area (Å²) in [6.07, 6.45) is 3.88. The first kappa shape index (κ1) is 15.4. The van der Waals surface area contributed by atoms with Gasteiger partial charge < -0.3 is 10.5 Å². The summed E-state index contributed by atoms with van der Waals surface area (Å²) >= 11 is 0. The lowest BCUT2D eigenvalue weighted by atomic mass is 9.71. The monoisotopic (exact) mass is 229 g/mol. The molecule has 0 aliphatic heterocycles. The highest BCUT2D eigenvalue weighted by Crippen LogP contribution is 2.36. The van der Waals surface area contributed by atoms with Crippen molar-refractivity contribution in [1.82, 2.24) is 0 Å². The smallest absolute Gasteiger partial charge is 0.313 e. The third kappa shape index (κ3) is 3.48. The summed E-state index contributed by atoms with van der Waals surface area (Å²) in [4.78, 5) is 12.1. The first-order chi connectivity index (χ1) is 7.58. The molecule has 0 radical (unpaired) electrons. The van der Waals surface area contributed by atoms with E-state index in [1.165, 1.54) is 0 Å². The first-order valence-corrected chi connectivity index (χ1v) is 6.46. The molecule has 0 aromatic heterocycles. The van der Waals surface area contributed by atoms with Crippen molar-refractivity contribution in [3.8, 4) is 0 Å². The molecule has 3 nitrogen and oxygen atoms in total. The van der Waals surface area contributed by atoms with Gasteiger partial charge in [-0.2, -0.15) is 0 Å². The Morgan fingerprint density at radius 1 is 1.31 bits per heavy atom. The Bertz CT molecular complexity index is 206. The second kappa shape index (κ2) is 7.66. The van der Waals surface area contributed by atoms with Gasteiger partial charge in [-0.3, -0.25) is 4.79 Å². The largest absolute Gasteiger partial charge is 0.466 e. The third-order valence-corrected chi connectivity index (χ3v) is 3.41. The Labute approximate surface area is 99.7 Å². The zero-order chi connectivity index (χ0) is 12.6. The van der Waals surface area contributed by atoms with Crippen molar-refractivity contribution in [3.63, 3.8) is 0 Å². The summed E-state index contributed by atoms with van der Waals surface area (Å²) < 4.78 is 5.20. The highest BCUT2D eigenvalue weighted by Gasteiger charge is 2.42. The molecule has 0 heterocycles. The molecule has 0 aromatic carbocycles. The lowest BCUT2D eigenvalue weighted by Gasteiger charge is -2.35. The van der Waals surface area contributed by atoms with E-state index in [4.69, 9.17) is 10.5 Å². The number of carbonyl (C=O) groups excluding carboxylic acids is 1. The number of esters is 1. The third-order valence-electron chi connectivity index (χ3n) is 3.41. The average Bonchev–Trinajstić information content (AvgIpc) is 2.26. The molecule has 0 saturated heterocycles. The summed E-state index contributed by atoms with van der Waals surface area (Å²) in [5.74, 6) is 0.182. The van der Waals surface area contributed by atoms with Crippen molar-refractivity contribution in [2.45, 2.75) is 53.4 Å². The summed E-state index contributed by atoms with van der Waals surface area (Å²) in [5.41, 5.74) is 5.38. The quantitative estimate of drug-likeness (QED) is 0.651. The van der Waals surface area contributed by atoms with Crippen LogP contribution in [0.25, 0.3) is 0 Å². The Morgan fingerprint density at radius 2 is 1.94 bits per heavy atom. The number of nitrogens with two attached hydrogens (primary N) is 1. The molecular weight excluding hydrogens is 202 g/mol. The van der Waals surface area contributed by atoms with E-state index < -0.39 is 5.41 Å². The van der Waals surface area contributed by atoms with Gasteiger partial charge in [-0.05, 0) is 25.7 Å². The van der Waals surface area contributed by atoms with Crippen molar-refractivity contribution in [2.75, 3.05) is 13.2 Å². The van der Waals surface area contributed by atoms with Crippen LogP contribution in [0.1, 0.15) is 53.4 Å². The molecule has 2 atom stereocenters. The molecule has 96 valence electrons. The molecule has 0 aliphatic carbocycles. The summed E-state index contributed by atoms with van der Waals surface area (Å²) in [6.45, 7) is 9.00. The van der Waals surface area contributed by atoms with E-state index >= 15 is 0 Å². The van der Waals surface area contributed by atoms with Gasteiger partial charge in [0.2, 0.25) is 0 Å². The van der Waals surface area contributed by atoms with E-state index in [1.807, 2.05) is 6.92 Å². The molecule has 0 spiro atoms. The standard InChI is InChI=1S/C13H27NO2/c1-5-8-11(4)13(10-14,9-6-2)12(15)16-7-3/h11H,5-10,14H2,1-4H3. The van der Waals surface area contributed by atoms with Gasteiger partial charge in [0.05, 0.1) is 12.0 Å². The summed E-state index contributed by atoms with van der Waals surface area (Å²) in [7, 11) is 0. The Morgan fingerprint density at radius 3 is 2.31 bits per heavy atom. The number of hydrogen-bond acceptors (Lipinski definition) is 3. The predicted molar refractivity (Wildman–Crippen MR) is 67.1 cm³/mol. The number of hydrogen-bond donors (Lipinski definition) is 1. The van der Waals surface area contributed by atoms with Gasteiger partial charge in [0.25, 0.3) is 0 Å². The maximum absolute atomic E-state index is 12.1. The minimum Gasteiger partial charge on any atom is -0.466 e. The minimum absolute atomic E-state index is 0.111. The van der Waals surface area contributed by atoms with Crippen LogP contribution in [0, 0.1) is 11.3 Å². The molecule has 0 rings (SSSR count). The maximum Gasteiger partial charge on any atom is 0.313 e. The minimum atomic E-state index is -0.471. The van der Waals surface area contributed by atoms with Gasteiger partial charge in [-0.1, -0.05) is 33.6 Å². The molecule has 0 aromatic rings. The van der Waals surface area contributed by atoms with Gasteiger partial charge in [0.15, 0.2) is 0 Å². The molecule has 2 N–H and O–H groups in total. The molecule has 0 aliphatic rings. The van der Waals surface area contributed by atoms with Crippen LogP contribution in [0.4, 0.5) is 0 Å². The second-order valence-corrected chi connectivity index (χ2v) is 4.52. The van der Waals surface area contributed by atoms with E-state index in [2.05, 4.69) is 20.8 Å². The van der Waals surface area contributed by atoms with Crippen LogP contribution in [-0.4, -0.2) is 19.1 Å². The molecule has 16 heavy (non-hydrogen) atoms. The van der Waals surface area contributed by atoms with Crippen molar-refractivity contribution in [1.29, 1.82) is 0 Å². The Kier molecular flexibility index (Phi) is 7.39. The molecule has 0 bridgehead atoms. The normalized spacial score (nSPS) is 16.6. The zero-order valence-electron chi connectivity index (χ0n) is 11.2. The van der Waals surface area contributed by atoms with Gasteiger partial charge in [-0.15, -0.1) is 0 Å².